The monoisotopic (exact) mass is 342 g/mol. The van der Waals surface area contributed by atoms with Crippen molar-refractivity contribution in [2.24, 2.45) is 11.0 Å². The maximum absolute atomic E-state index is 12.4. The Morgan fingerprint density at radius 1 is 1.38 bits per heavy atom. The highest BCUT2D eigenvalue weighted by atomic mass is 32.1. The predicted molar refractivity (Wildman–Crippen MR) is 93.1 cm³/mol. The van der Waals surface area contributed by atoms with Crippen LogP contribution in [-0.4, -0.2) is 18.9 Å². The number of ether oxygens (including phenoxy) is 2. The minimum atomic E-state index is -0.140. The van der Waals surface area contributed by atoms with Crippen molar-refractivity contribution in [3.63, 3.8) is 0 Å². The van der Waals surface area contributed by atoms with Gasteiger partial charge in [0.15, 0.2) is 11.5 Å². The number of hydrogen-bond donors (Lipinski definition) is 1. The summed E-state index contributed by atoms with van der Waals surface area (Å²) in [6.45, 7) is 2.51. The van der Waals surface area contributed by atoms with E-state index in [2.05, 4.69) is 17.5 Å². The summed E-state index contributed by atoms with van der Waals surface area (Å²) in [5.41, 5.74) is 5.45. The molecule has 0 radical (unpaired) electrons. The van der Waals surface area contributed by atoms with Gasteiger partial charge in [-0.05, 0) is 54.5 Å². The molecule has 5 nitrogen and oxygen atoms in total. The Kier molecular flexibility index (Phi) is 3.98. The van der Waals surface area contributed by atoms with E-state index in [4.69, 9.17) is 9.47 Å². The van der Waals surface area contributed by atoms with Crippen LogP contribution in [-0.2, 0) is 12.8 Å². The number of fused-ring (bicyclic) bond motifs is 2. The third-order valence-corrected chi connectivity index (χ3v) is 5.47. The molecule has 1 aromatic heterocycles. The molecule has 24 heavy (non-hydrogen) atoms. The first-order valence-electron chi connectivity index (χ1n) is 8.03. The third-order valence-electron chi connectivity index (χ3n) is 4.42. The van der Waals surface area contributed by atoms with Gasteiger partial charge < -0.3 is 9.47 Å². The van der Waals surface area contributed by atoms with Gasteiger partial charge >= 0.3 is 0 Å². The molecule has 0 saturated carbocycles. The van der Waals surface area contributed by atoms with Gasteiger partial charge in [-0.3, -0.25) is 4.79 Å². The van der Waals surface area contributed by atoms with E-state index in [0.717, 1.165) is 36.1 Å². The number of benzene rings is 1. The van der Waals surface area contributed by atoms with E-state index in [1.807, 2.05) is 23.6 Å². The number of carbonyl (C=O) groups is 1. The number of hydrogen-bond acceptors (Lipinski definition) is 5. The van der Waals surface area contributed by atoms with Crippen LogP contribution in [0.1, 0.15) is 39.7 Å². The molecule has 2 heterocycles. The molecule has 1 aromatic carbocycles. The topological polar surface area (TPSA) is 59.9 Å². The van der Waals surface area contributed by atoms with Gasteiger partial charge in [0.2, 0.25) is 6.79 Å². The Hall–Kier alpha value is -2.34. The molecule has 4 rings (SSSR count). The van der Waals surface area contributed by atoms with E-state index in [0.29, 0.717) is 11.7 Å². The summed E-state index contributed by atoms with van der Waals surface area (Å²) < 4.78 is 10.6. The van der Waals surface area contributed by atoms with Crippen LogP contribution < -0.4 is 14.9 Å². The van der Waals surface area contributed by atoms with Gasteiger partial charge in [-0.2, -0.15) is 5.10 Å². The molecule has 0 bridgehead atoms. The van der Waals surface area contributed by atoms with Crippen LogP contribution in [0.3, 0.4) is 0 Å². The van der Waals surface area contributed by atoms with Crippen molar-refractivity contribution in [1.29, 1.82) is 0 Å². The van der Waals surface area contributed by atoms with Crippen LogP contribution in [0.2, 0.25) is 0 Å². The Morgan fingerprint density at radius 3 is 3.17 bits per heavy atom. The van der Waals surface area contributed by atoms with Gasteiger partial charge in [0.05, 0.1) is 11.8 Å². The number of thiophene rings is 1. The van der Waals surface area contributed by atoms with Gasteiger partial charge in [0.25, 0.3) is 5.91 Å². The molecular formula is C18H18N2O3S. The molecule has 6 heteroatoms. The first-order chi connectivity index (χ1) is 11.7. The molecule has 2 aliphatic rings. The van der Waals surface area contributed by atoms with E-state index >= 15 is 0 Å². The Labute approximate surface area is 144 Å². The lowest BCUT2D eigenvalue weighted by Gasteiger charge is -2.18. The number of hydrazone groups is 1. The normalized spacial score (nSPS) is 18.6. The highest BCUT2D eigenvalue weighted by Crippen LogP contribution is 2.33. The zero-order valence-corrected chi connectivity index (χ0v) is 14.2. The average Bonchev–Trinajstić information content (AvgIpc) is 3.20. The maximum atomic E-state index is 12.4. The molecule has 0 saturated heterocycles. The van der Waals surface area contributed by atoms with Crippen LogP contribution in [0.4, 0.5) is 0 Å². The molecule has 0 fully saturated rings. The molecule has 1 aliphatic carbocycles. The maximum Gasteiger partial charge on any atom is 0.272 e. The minimum Gasteiger partial charge on any atom is -0.454 e. The fourth-order valence-electron chi connectivity index (χ4n) is 3.09. The summed E-state index contributed by atoms with van der Waals surface area (Å²) in [4.78, 5) is 13.7. The van der Waals surface area contributed by atoms with E-state index < -0.39 is 0 Å². The Bertz CT molecular complexity index is 813. The van der Waals surface area contributed by atoms with Crippen LogP contribution in [0.25, 0.3) is 0 Å². The van der Waals surface area contributed by atoms with E-state index in [1.54, 1.807) is 17.6 Å². The summed E-state index contributed by atoms with van der Waals surface area (Å²) in [7, 11) is 0. The molecule has 0 unspecified atom stereocenters. The average molecular weight is 342 g/mol. The SMILES string of the molecule is C[C@H]1CCc2c(C(=O)N/N=C\c3ccc4c(c3)OCO4)csc2C1. The van der Waals surface area contributed by atoms with Crippen molar-refractivity contribution >= 4 is 23.5 Å². The fraction of sp³-hybridized carbons (Fsp3) is 0.333. The first kappa shape index (κ1) is 15.2. The lowest BCUT2D eigenvalue weighted by atomic mass is 9.88. The lowest BCUT2D eigenvalue weighted by molar-refractivity contribution is 0.0954. The molecule has 1 atom stereocenters. The van der Waals surface area contributed by atoms with Crippen molar-refractivity contribution < 1.29 is 14.3 Å². The molecular weight excluding hydrogens is 324 g/mol. The Balaban J connectivity index is 1.43. The molecule has 1 amide bonds. The zero-order chi connectivity index (χ0) is 16.5. The largest absolute Gasteiger partial charge is 0.454 e. The second-order valence-electron chi connectivity index (χ2n) is 6.21. The highest BCUT2D eigenvalue weighted by Gasteiger charge is 2.23. The van der Waals surface area contributed by atoms with Gasteiger partial charge in [-0.25, -0.2) is 5.43 Å². The van der Waals surface area contributed by atoms with E-state index in [1.165, 1.54) is 10.4 Å². The van der Waals surface area contributed by atoms with Crippen LogP contribution >= 0.6 is 11.3 Å². The van der Waals surface area contributed by atoms with Crippen molar-refractivity contribution in [2.45, 2.75) is 26.2 Å². The predicted octanol–water partition coefficient (Wildman–Crippen LogP) is 3.37. The Morgan fingerprint density at radius 2 is 2.25 bits per heavy atom. The van der Waals surface area contributed by atoms with E-state index in [9.17, 15) is 4.79 Å². The van der Waals surface area contributed by atoms with E-state index in [-0.39, 0.29) is 12.7 Å². The van der Waals surface area contributed by atoms with Crippen molar-refractivity contribution in [2.75, 3.05) is 6.79 Å². The number of rotatable bonds is 3. The first-order valence-corrected chi connectivity index (χ1v) is 8.91. The van der Waals surface area contributed by atoms with Gasteiger partial charge in [0, 0.05) is 10.3 Å². The highest BCUT2D eigenvalue weighted by molar-refractivity contribution is 7.10. The summed E-state index contributed by atoms with van der Waals surface area (Å²) in [5.74, 6) is 2.00. The molecule has 1 aliphatic heterocycles. The molecule has 1 N–H and O–H groups in total. The number of nitrogens with one attached hydrogen (secondary N) is 1. The van der Waals surface area contributed by atoms with Crippen molar-refractivity contribution in [3.05, 3.63) is 45.1 Å². The zero-order valence-electron chi connectivity index (χ0n) is 13.4. The fourth-order valence-corrected chi connectivity index (χ4v) is 4.33. The summed E-state index contributed by atoms with van der Waals surface area (Å²) >= 11 is 1.68. The van der Waals surface area contributed by atoms with Gasteiger partial charge in [0.1, 0.15) is 0 Å². The lowest BCUT2D eigenvalue weighted by Crippen LogP contribution is -2.20. The molecule has 2 aromatic rings. The summed E-state index contributed by atoms with van der Waals surface area (Å²) in [5, 5.41) is 6.02. The second kappa shape index (κ2) is 6.28. The summed E-state index contributed by atoms with van der Waals surface area (Å²) in [6, 6.07) is 5.55. The van der Waals surface area contributed by atoms with Gasteiger partial charge in [-0.1, -0.05) is 6.92 Å². The second-order valence-corrected chi connectivity index (χ2v) is 7.18. The van der Waals surface area contributed by atoms with Crippen LogP contribution in [0.15, 0.2) is 28.7 Å². The number of nitrogens with zero attached hydrogens (tertiary/aromatic N) is 1. The number of carbonyl (C=O) groups excluding carboxylic acids is 1. The minimum absolute atomic E-state index is 0.140. The molecule has 124 valence electrons. The van der Waals surface area contributed by atoms with Crippen LogP contribution in [0.5, 0.6) is 11.5 Å². The van der Waals surface area contributed by atoms with Crippen molar-refractivity contribution in [3.8, 4) is 11.5 Å². The summed E-state index contributed by atoms with van der Waals surface area (Å²) in [6.07, 6.45) is 4.81. The standard InChI is InChI=1S/C18H18N2O3S/c1-11-2-4-13-14(9-24-17(13)6-11)18(21)20-19-8-12-3-5-15-16(7-12)23-10-22-15/h3,5,7-9,11H,2,4,6,10H2,1H3,(H,20,21)/b19-8-/t11-/m0/s1. The quantitative estimate of drug-likeness (QED) is 0.687. The van der Waals surface area contributed by atoms with Gasteiger partial charge in [-0.15, -0.1) is 11.3 Å². The number of amides is 1. The third kappa shape index (κ3) is 2.89. The molecule has 0 spiro atoms. The smallest absolute Gasteiger partial charge is 0.272 e. The van der Waals surface area contributed by atoms with Crippen molar-refractivity contribution in [1.82, 2.24) is 5.43 Å². The van der Waals surface area contributed by atoms with Crippen LogP contribution in [0, 0.1) is 5.92 Å².